The number of halogens is 1. The Balaban J connectivity index is 1.98. The lowest BCUT2D eigenvalue weighted by atomic mass is 10.00. The summed E-state index contributed by atoms with van der Waals surface area (Å²) in [6.07, 6.45) is -0.245. The number of benzene rings is 1. The molecule has 0 bridgehead atoms. The second kappa shape index (κ2) is 7.99. The molecule has 2 amide bonds. The van der Waals surface area contributed by atoms with Crippen LogP contribution in [-0.4, -0.2) is 48.9 Å². The van der Waals surface area contributed by atoms with Crippen LogP contribution in [-0.2, 0) is 4.74 Å². The Kier molecular flexibility index (Phi) is 6.27. The van der Waals surface area contributed by atoms with Gasteiger partial charge >= 0.3 is 6.03 Å². The van der Waals surface area contributed by atoms with Crippen LogP contribution in [0, 0.1) is 11.8 Å². The first-order valence-electron chi connectivity index (χ1n) is 7.90. The summed E-state index contributed by atoms with van der Waals surface area (Å²) < 4.78 is 5.55. The highest BCUT2D eigenvalue weighted by Gasteiger charge is 2.33. The van der Waals surface area contributed by atoms with Crippen LogP contribution in [0.25, 0.3) is 0 Å². The van der Waals surface area contributed by atoms with Gasteiger partial charge in [0.1, 0.15) is 6.10 Å². The van der Waals surface area contributed by atoms with Crippen molar-refractivity contribution in [3.63, 3.8) is 0 Å². The number of nitrogens with zero attached hydrogens (tertiary/aromatic N) is 1. The van der Waals surface area contributed by atoms with Crippen molar-refractivity contribution in [2.24, 2.45) is 11.8 Å². The Morgan fingerprint density at radius 2 is 2.09 bits per heavy atom. The van der Waals surface area contributed by atoms with Gasteiger partial charge in [0, 0.05) is 37.7 Å². The summed E-state index contributed by atoms with van der Waals surface area (Å²) in [7, 11) is 1.63. The van der Waals surface area contributed by atoms with Gasteiger partial charge in [0.15, 0.2) is 0 Å². The summed E-state index contributed by atoms with van der Waals surface area (Å²) in [5, 5.41) is 13.0. The molecule has 1 saturated heterocycles. The molecule has 2 N–H and O–H groups in total. The summed E-state index contributed by atoms with van der Waals surface area (Å²) in [4.78, 5) is 14.2. The van der Waals surface area contributed by atoms with Gasteiger partial charge < -0.3 is 20.1 Å². The Bertz CT molecular complexity index is 523. The molecular formula is C17H25ClN2O3. The number of hydrogen-bond acceptors (Lipinski definition) is 3. The highest BCUT2D eigenvalue weighted by molar-refractivity contribution is 6.30. The van der Waals surface area contributed by atoms with E-state index in [1.807, 2.05) is 31.2 Å². The molecule has 0 aliphatic carbocycles. The maximum atomic E-state index is 12.4. The minimum absolute atomic E-state index is 0.115. The highest BCUT2D eigenvalue weighted by Crippen LogP contribution is 2.25. The van der Waals surface area contributed by atoms with Crippen LogP contribution in [0.15, 0.2) is 24.3 Å². The lowest BCUT2D eigenvalue weighted by Gasteiger charge is -2.27. The van der Waals surface area contributed by atoms with Crippen LogP contribution < -0.4 is 5.32 Å². The zero-order valence-corrected chi connectivity index (χ0v) is 14.6. The number of aliphatic hydroxyl groups excluding tert-OH is 1. The summed E-state index contributed by atoms with van der Waals surface area (Å²) in [5.41, 5.74) is 0.965. The number of carbonyl (C=O) groups excluding carboxylic acids is 1. The number of carbonyl (C=O) groups is 1. The largest absolute Gasteiger partial charge is 0.396 e. The van der Waals surface area contributed by atoms with E-state index in [4.69, 9.17) is 16.3 Å². The van der Waals surface area contributed by atoms with Crippen LogP contribution in [0.5, 0.6) is 0 Å². The van der Waals surface area contributed by atoms with Crippen molar-refractivity contribution in [2.45, 2.75) is 26.0 Å². The minimum Gasteiger partial charge on any atom is -0.396 e. The minimum atomic E-state index is -0.245. The van der Waals surface area contributed by atoms with E-state index in [1.54, 1.807) is 12.0 Å². The van der Waals surface area contributed by atoms with E-state index < -0.39 is 0 Å². The zero-order chi connectivity index (χ0) is 17.0. The fraction of sp³-hybridized carbons (Fsp3) is 0.588. The average molecular weight is 341 g/mol. The first-order chi connectivity index (χ1) is 11.0. The summed E-state index contributed by atoms with van der Waals surface area (Å²) in [6.45, 7) is 5.36. The van der Waals surface area contributed by atoms with E-state index >= 15 is 0 Å². The van der Waals surface area contributed by atoms with E-state index in [0.717, 1.165) is 5.56 Å². The molecule has 0 saturated carbocycles. The van der Waals surface area contributed by atoms with Crippen molar-refractivity contribution in [3.05, 3.63) is 34.9 Å². The first-order valence-corrected chi connectivity index (χ1v) is 8.28. The lowest BCUT2D eigenvalue weighted by molar-refractivity contribution is 0.0740. The maximum absolute atomic E-state index is 12.4. The Morgan fingerprint density at radius 1 is 1.43 bits per heavy atom. The number of likely N-dealkylation sites (tertiary alicyclic amines) is 1. The SMILES string of the molecule is CO[C@@H](c1ccc(Cl)cc1)[C@@H](C)NC(=O)N1C[C@@H](CO)[C@H](C)C1. The summed E-state index contributed by atoms with van der Waals surface area (Å²) in [6, 6.07) is 7.13. The summed E-state index contributed by atoms with van der Waals surface area (Å²) in [5.74, 6) is 0.473. The van der Waals surface area contributed by atoms with Crippen molar-refractivity contribution in [2.75, 3.05) is 26.8 Å². The van der Waals surface area contributed by atoms with Crippen LogP contribution in [0.3, 0.4) is 0 Å². The number of aliphatic hydroxyl groups is 1. The van der Waals surface area contributed by atoms with Gasteiger partial charge in [-0.15, -0.1) is 0 Å². The van der Waals surface area contributed by atoms with Crippen LogP contribution in [0.2, 0.25) is 5.02 Å². The Hall–Kier alpha value is -1.30. The molecule has 0 unspecified atom stereocenters. The molecule has 0 spiro atoms. The Morgan fingerprint density at radius 3 is 2.61 bits per heavy atom. The molecule has 1 fully saturated rings. The second-order valence-electron chi connectivity index (χ2n) is 6.27. The van der Waals surface area contributed by atoms with Crippen LogP contribution in [0.4, 0.5) is 4.79 Å². The number of methoxy groups -OCH3 is 1. The molecule has 1 aromatic rings. The van der Waals surface area contributed by atoms with Crippen LogP contribution in [0.1, 0.15) is 25.5 Å². The molecule has 2 rings (SSSR count). The first kappa shape index (κ1) is 18.0. The molecule has 0 aromatic heterocycles. The van der Waals surface area contributed by atoms with E-state index in [0.29, 0.717) is 24.0 Å². The third kappa shape index (κ3) is 4.37. The van der Waals surface area contributed by atoms with E-state index in [1.165, 1.54) is 0 Å². The Labute approximate surface area is 142 Å². The normalized spacial score (nSPS) is 23.6. The smallest absolute Gasteiger partial charge is 0.317 e. The number of ether oxygens (including phenoxy) is 1. The van der Waals surface area contributed by atoms with Gasteiger partial charge in [-0.3, -0.25) is 0 Å². The molecule has 1 heterocycles. The van der Waals surface area contributed by atoms with Crippen molar-refractivity contribution >= 4 is 17.6 Å². The molecule has 23 heavy (non-hydrogen) atoms. The number of rotatable bonds is 5. The van der Waals surface area contributed by atoms with Crippen molar-refractivity contribution < 1.29 is 14.6 Å². The average Bonchev–Trinajstić information content (AvgIpc) is 2.91. The van der Waals surface area contributed by atoms with Gasteiger partial charge in [-0.05, 0) is 30.5 Å². The maximum Gasteiger partial charge on any atom is 0.317 e. The standard InChI is InChI=1S/C17H25ClN2O3/c1-11-8-20(9-14(11)10-21)17(22)19-12(2)16(23-3)13-4-6-15(18)7-5-13/h4-7,11-12,14,16,21H,8-10H2,1-3H3,(H,19,22)/t11-,12-,14+,16-/m1/s1. The second-order valence-corrected chi connectivity index (χ2v) is 6.71. The van der Waals surface area contributed by atoms with E-state index in [2.05, 4.69) is 12.2 Å². The topological polar surface area (TPSA) is 61.8 Å². The van der Waals surface area contributed by atoms with Crippen molar-refractivity contribution in [1.82, 2.24) is 10.2 Å². The van der Waals surface area contributed by atoms with Crippen LogP contribution >= 0.6 is 11.6 Å². The number of amides is 2. The number of urea groups is 1. The predicted octanol–water partition coefficient (Wildman–Crippen LogP) is 2.69. The quantitative estimate of drug-likeness (QED) is 0.866. The fourth-order valence-corrected chi connectivity index (χ4v) is 3.21. The van der Waals surface area contributed by atoms with E-state index in [9.17, 15) is 9.90 Å². The van der Waals surface area contributed by atoms with E-state index in [-0.39, 0.29) is 30.7 Å². The predicted molar refractivity (Wildman–Crippen MR) is 90.5 cm³/mol. The molecule has 0 radical (unpaired) electrons. The number of hydrogen-bond donors (Lipinski definition) is 2. The molecule has 4 atom stereocenters. The zero-order valence-electron chi connectivity index (χ0n) is 13.8. The van der Waals surface area contributed by atoms with Gasteiger partial charge in [-0.2, -0.15) is 0 Å². The monoisotopic (exact) mass is 340 g/mol. The lowest BCUT2D eigenvalue weighted by Crippen LogP contribution is -2.45. The molecule has 1 aliphatic heterocycles. The molecule has 6 heteroatoms. The summed E-state index contributed by atoms with van der Waals surface area (Å²) >= 11 is 5.91. The molecular weight excluding hydrogens is 316 g/mol. The number of nitrogens with one attached hydrogen (secondary N) is 1. The molecule has 1 aliphatic rings. The van der Waals surface area contributed by atoms with Gasteiger partial charge in [0.25, 0.3) is 0 Å². The molecule has 128 valence electrons. The fourth-order valence-electron chi connectivity index (χ4n) is 3.08. The van der Waals surface area contributed by atoms with Gasteiger partial charge in [0.2, 0.25) is 0 Å². The van der Waals surface area contributed by atoms with Gasteiger partial charge in [0.05, 0.1) is 6.04 Å². The third-order valence-corrected chi connectivity index (χ3v) is 4.80. The van der Waals surface area contributed by atoms with Gasteiger partial charge in [-0.25, -0.2) is 4.79 Å². The van der Waals surface area contributed by atoms with Crippen molar-refractivity contribution in [1.29, 1.82) is 0 Å². The molecule has 1 aromatic carbocycles. The molecule has 5 nitrogen and oxygen atoms in total. The third-order valence-electron chi connectivity index (χ3n) is 4.55. The van der Waals surface area contributed by atoms with Crippen molar-refractivity contribution in [3.8, 4) is 0 Å². The highest BCUT2D eigenvalue weighted by atomic mass is 35.5. The van der Waals surface area contributed by atoms with Gasteiger partial charge in [-0.1, -0.05) is 30.7 Å².